The summed E-state index contributed by atoms with van der Waals surface area (Å²) < 4.78 is 1.10. The highest BCUT2D eigenvalue weighted by molar-refractivity contribution is 5.37. The molecule has 0 unspecified atom stereocenters. The lowest BCUT2D eigenvalue weighted by atomic mass is 10.5. The zero-order valence-corrected chi connectivity index (χ0v) is 6.61. The molecule has 0 aliphatic heterocycles. The number of anilines is 1. The first kappa shape index (κ1) is 8.27. The van der Waals surface area contributed by atoms with Gasteiger partial charge in [0, 0.05) is 13.1 Å². The molecule has 1 N–H and O–H groups in total. The van der Waals surface area contributed by atoms with E-state index in [0.717, 1.165) is 4.68 Å². The van der Waals surface area contributed by atoms with Crippen molar-refractivity contribution < 1.29 is 0 Å². The third-order valence-electron chi connectivity index (χ3n) is 1.38. The topological polar surface area (TPSA) is 70.7 Å². The predicted molar refractivity (Wildman–Crippen MR) is 43.7 cm³/mol. The first-order valence-corrected chi connectivity index (χ1v) is 3.40. The van der Waals surface area contributed by atoms with Crippen molar-refractivity contribution >= 4 is 5.69 Å². The van der Waals surface area contributed by atoms with Gasteiger partial charge in [-0.05, 0) is 0 Å². The minimum atomic E-state index is -0.275. The summed E-state index contributed by atoms with van der Waals surface area (Å²) in [6, 6.07) is 3.24. The van der Waals surface area contributed by atoms with Gasteiger partial charge in [-0.15, -0.1) is 0 Å². The van der Waals surface area contributed by atoms with E-state index >= 15 is 0 Å². The highest BCUT2D eigenvalue weighted by Crippen LogP contribution is 1.95. The Labute approximate surface area is 69.2 Å². The summed E-state index contributed by atoms with van der Waals surface area (Å²) in [5.74, 6) is 0. The number of aromatic nitrogens is 2. The average molecular weight is 164 g/mol. The molecule has 0 aliphatic rings. The van der Waals surface area contributed by atoms with Gasteiger partial charge in [-0.25, -0.2) is 4.68 Å². The first-order valence-electron chi connectivity index (χ1n) is 3.40. The molecule has 0 atom stereocenters. The third-order valence-corrected chi connectivity index (χ3v) is 1.38. The summed E-state index contributed by atoms with van der Waals surface area (Å²) >= 11 is 0. The van der Waals surface area contributed by atoms with Gasteiger partial charge in [0.25, 0.3) is 5.56 Å². The van der Waals surface area contributed by atoms with E-state index in [0.29, 0.717) is 5.69 Å². The second kappa shape index (κ2) is 3.53. The van der Waals surface area contributed by atoms with Crippen molar-refractivity contribution in [3.8, 4) is 6.07 Å². The Morgan fingerprint density at radius 1 is 1.83 bits per heavy atom. The Hall–Kier alpha value is -1.83. The summed E-state index contributed by atoms with van der Waals surface area (Å²) in [7, 11) is 1.70. The van der Waals surface area contributed by atoms with Gasteiger partial charge in [0.15, 0.2) is 0 Å². The van der Waals surface area contributed by atoms with E-state index in [1.807, 2.05) is 6.07 Å². The van der Waals surface area contributed by atoms with Crippen LogP contribution in [0, 0.1) is 11.3 Å². The molecule has 0 bridgehead atoms. The minimum absolute atomic E-state index is 0.0111. The van der Waals surface area contributed by atoms with Crippen LogP contribution in [0.5, 0.6) is 0 Å². The van der Waals surface area contributed by atoms with Gasteiger partial charge in [0.05, 0.1) is 18.0 Å². The lowest BCUT2D eigenvalue weighted by Crippen LogP contribution is -2.21. The van der Waals surface area contributed by atoms with Crippen LogP contribution in [0.15, 0.2) is 17.1 Å². The van der Waals surface area contributed by atoms with Crippen LogP contribution in [0.1, 0.15) is 0 Å². The number of hydrogen-bond acceptors (Lipinski definition) is 4. The van der Waals surface area contributed by atoms with Gasteiger partial charge in [0.2, 0.25) is 0 Å². The third kappa shape index (κ3) is 1.61. The van der Waals surface area contributed by atoms with Crippen LogP contribution in [0.3, 0.4) is 0 Å². The Balaban J connectivity index is 3.06. The molecule has 0 radical (unpaired) electrons. The van der Waals surface area contributed by atoms with Gasteiger partial charge in [-0.3, -0.25) is 4.79 Å². The van der Waals surface area contributed by atoms with Crippen molar-refractivity contribution in [2.45, 2.75) is 6.54 Å². The Morgan fingerprint density at radius 2 is 2.58 bits per heavy atom. The molecule has 0 fully saturated rings. The van der Waals surface area contributed by atoms with Gasteiger partial charge >= 0.3 is 0 Å². The number of rotatable bonds is 2. The van der Waals surface area contributed by atoms with E-state index in [9.17, 15) is 4.79 Å². The molecule has 1 aromatic heterocycles. The maximum Gasteiger partial charge on any atom is 0.269 e. The summed E-state index contributed by atoms with van der Waals surface area (Å²) in [6.45, 7) is -0.0111. The van der Waals surface area contributed by atoms with E-state index in [1.54, 1.807) is 7.05 Å². The molecule has 0 aromatic carbocycles. The lowest BCUT2D eigenvalue weighted by Gasteiger charge is -2.00. The Bertz CT molecular complexity index is 362. The summed E-state index contributed by atoms with van der Waals surface area (Å²) in [6.07, 6.45) is 1.50. The van der Waals surface area contributed by atoms with Crippen LogP contribution in [0.2, 0.25) is 0 Å². The molecular formula is C7H8N4O. The predicted octanol–water partition coefficient (Wildman–Crippen LogP) is -0.191. The molecule has 62 valence electrons. The molecule has 1 rings (SSSR count). The van der Waals surface area contributed by atoms with Crippen molar-refractivity contribution in [2.24, 2.45) is 0 Å². The second-order valence-electron chi connectivity index (χ2n) is 2.15. The lowest BCUT2D eigenvalue weighted by molar-refractivity contribution is 0.659. The number of nitrogens with one attached hydrogen (secondary N) is 1. The summed E-state index contributed by atoms with van der Waals surface area (Å²) in [5.41, 5.74) is 0.373. The molecule has 0 amide bonds. The molecule has 1 aromatic rings. The second-order valence-corrected chi connectivity index (χ2v) is 2.15. The van der Waals surface area contributed by atoms with Gasteiger partial charge in [-0.1, -0.05) is 0 Å². The highest BCUT2D eigenvalue weighted by atomic mass is 16.1. The van der Waals surface area contributed by atoms with Crippen molar-refractivity contribution in [1.29, 1.82) is 5.26 Å². The van der Waals surface area contributed by atoms with Gasteiger partial charge < -0.3 is 5.32 Å². The van der Waals surface area contributed by atoms with Crippen LogP contribution in [-0.2, 0) is 6.54 Å². The zero-order chi connectivity index (χ0) is 8.97. The smallest absolute Gasteiger partial charge is 0.269 e. The van der Waals surface area contributed by atoms with Crippen LogP contribution in [0.25, 0.3) is 0 Å². The fourth-order valence-electron chi connectivity index (χ4n) is 0.756. The molecule has 1 heterocycles. The Kier molecular flexibility index (Phi) is 2.43. The van der Waals surface area contributed by atoms with Gasteiger partial charge in [-0.2, -0.15) is 10.4 Å². The quantitative estimate of drug-likeness (QED) is 0.657. The maximum absolute atomic E-state index is 11.1. The van der Waals surface area contributed by atoms with E-state index in [4.69, 9.17) is 5.26 Å². The zero-order valence-electron chi connectivity index (χ0n) is 6.61. The van der Waals surface area contributed by atoms with Crippen LogP contribution in [0.4, 0.5) is 5.69 Å². The molecule has 12 heavy (non-hydrogen) atoms. The Morgan fingerprint density at radius 3 is 3.08 bits per heavy atom. The normalized spacial score (nSPS) is 9.00. The standard InChI is InChI=1S/C7H8N4O/c1-9-6-4-7(12)11(3-2-8)10-5-6/h4-5,9H,3H2,1H3. The minimum Gasteiger partial charge on any atom is -0.387 e. The number of nitriles is 1. The van der Waals surface area contributed by atoms with Crippen LogP contribution < -0.4 is 10.9 Å². The molecule has 0 spiro atoms. The van der Waals surface area contributed by atoms with Crippen molar-refractivity contribution in [1.82, 2.24) is 9.78 Å². The largest absolute Gasteiger partial charge is 0.387 e. The van der Waals surface area contributed by atoms with E-state index < -0.39 is 0 Å². The average Bonchev–Trinajstić information content (AvgIpc) is 2.09. The van der Waals surface area contributed by atoms with Gasteiger partial charge in [0.1, 0.15) is 6.54 Å². The first-order chi connectivity index (χ1) is 5.77. The highest BCUT2D eigenvalue weighted by Gasteiger charge is 1.96. The molecule has 0 saturated heterocycles. The summed E-state index contributed by atoms with van der Waals surface area (Å²) in [5, 5.41) is 14.8. The van der Waals surface area contributed by atoms with Crippen molar-refractivity contribution in [2.75, 3.05) is 12.4 Å². The van der Waals surface area contributed by atoms with Crippen molar-refractivity contribution in [3.05, 3.63) is 22.6 Å². The fourth-order valence-corrected chi connectivity index (χ4v) is 0.756. The molecule has 5 heteroatoms. The summed E-state index contributed by atoms with van der Waals surface area (Å²) in [4.78, 5) is 11.1. The maximum atomic E-state index is 11.1. The molecule has 5 nitrogen and oxygen atoms in total. The number of nitrogens with zero attached hydrogens (tertiary/aromatic N) is 3. The van der Waals surface area contributed by atoms with E-state index in [2.05, 4.69) is 10.4 Å². The molecule has 0 aliphatic carbocycles. The van der Waals surface area contributed by atoms with Crippen molar-refractivity contribution in [3.63, 3.8) is 0 Å². The fraction of sp³-hybridized carbons (Fsp3) is 0.286. The van der Waals surface area contributed by atoms with E-state index in [-0.39, 0.29) is 12.1 Å². The monoisotopic (exact) mass is 164 g/mol. The molecular weight excluding hydrogens is 156 g/mol. The SMILES string of the molecule is CNc1cnn(CC#N)c(=O)c1. The molecule has 0 saturated carbocycles. The number of hydrogen-bond donors (Lipinski definition) is 1. The van der Waals surface area contributed by atoms with Crippen LogP contribution in [-0.4, -0.2) is 16.8 Å². The van der Waals surface area contributed by atoms with Crippen LogP contribution >= 0.6 is 0 Å². The van der Waals surface area contributed by atoms with E-state index in [1.165, 1.54) is 12.3 Å².